The number of hydrogen-bond acceptors (Lipinski definition) is 5. The highest BCUT2D eigenvalue weighted by molar-refractivity contribution is 7.88. The van der Waals surface area contributed by atoms with E-state index in [1.165, 1.54) is 0 Å². The zero-order valence-corrected chi connectivity index (χ0v) is 14.2. The molecule has 0 bridgehead atoms. The van der Waals surface area contributed by atoms with Gasteiger partial charge in [-0.25, -0.2) is 18.1 Å². The van der Waals surface area contributed by atoms with Gasteiger partial charge in [0.05, 0.1) is 5.75 Å². The summed E-state index contributed by atoms with van der Waals surface area (Å²) in [6.45, 7) is 1.47. The quantitative estimate of drug-likeness (QED) is 0.893. The van der Waals surface area contributed by atoms with Crippen LogP contribution in [0.25, 0.3) is 0 Å². The fourth-order valence-corrected chi connectivity index (χ4v) is 4.84. The molecule has 1 aliphatic heterocycles. The molecule has 1 aliphatic rings. The van der Waals surface area contributed by atoms with E-state index in [0.717, 1.165) is 18.1 Å². The van der Waals surface area contributed by atoms with E-state index in [0.29, 0.717) is 17.1 Å². The lowest BCUT2D eigenvalue weighted by Gasteiger charge is -2.16. The van der Waals surface area contributed by atoms with Crippen LogP contribution < -0.4 is 9.62 Å². The second kappa shape index (κ2) is 6.54. The minimum atomic E-state index is -3.38. The topological polar surface area (TPSA) is 62.3 Å². The highest BCUT2D eigenvalue weighted by Crippen LogP contribution is 2.23. The summed E-state index contributed by atoms with van der Waals surface area (Å²) in [6, 6.07) is 6.85. The predicted molar refractivity (Wildman–Crippen MR) is 89.9 cm³/mol. The minimum absolute atomic E-state index is 0.0543. The third kappa shape index (κ3) is 3.98. The Kier molecular flexibility index (Phi) is 4.67. The maximum Gasteiger partial charge on any atom is 0.216 e. The monoisotopic (exact) mass is 357 g/mol. The smallest absolute Gasteiger partial charge is 0.216 e. The Bertz CT molecular complexity index is 734. The summed E-state index contributed by atoms with van der Waals surface area (Å²) in [5, 5.41) is 3.41. The summed E-state index contributed by atoms with van der Waals surface area (Å²) in [5.74, 6) is -0.0543. The molecule has 5 nitrogen and oxygen atoms in total. The third-order valence-electron chi connectivity index (χ3n) is 3.47. The van der Waals surface area contributed by atoms with Gasteiger partial charge < -0.3 is 4.90 Å². The van der Waals surface area contributed by atoms with Gasteiger partial charge in [0.1, 0.15) is 0 Å². The zero-order valence-electron chi connectivity index (χ0n) is 11.8. The molecule has 1 aromatic carbocycles. The molecule has 2 aromatic rings. The van der Waals surface area contributed by atoms with Gasteiger partial charge in [-0.15, -0.1) is 11.3 Å². The number of nitrogens with zero attached hydrogens (tertiary/aromatic N) is 2. The number of anilines is 1. The molecule has 1 N–H and O–H groups in total. The molecule has 0 amide bonds. The average molecular weight is 358 g/mol. The number of hydrogen-bond donors (Lipinski definition) is 1. The Morgan fingerprint density at radius 3 is 3.05 bits per heavy atom. The largest absolute Gasteiger partial charge is 0.346 e. The van der Waals surface area contributed by atoms with Crippen LogP contribution in [-0.2, 0) is 15.8 Å². The molecule has 0 saturated carbocycles. The summed E-state index contributed by atoms with van der Waals surface area (Å²) in [4.78, 5) is 6.37. The molecule has 2 heterocycles. The van der Waals surface area contributed by atoms with Crippen LogP contribution in [0.3, 0.4) is 0 Å². The van der Waals surface area contributed by atoms with Gasteiger partial charge in [-0.1, -0.05) is 23.7 Å². The van der Waals surface area contributed by atoms with Crippen molar-refractivity contribution >= 4 is 38.1 Å². The third-order valence-corrected chi connectivity index (χ3v) is 5.94. The summed E-state index contributed by atoms with van der Waals surface area (Å²) in [6.07, 6.45) is 2.55. The SMILES string of the molecule is O=S(=O)(Cc1cccc(Cl)c1)NC1CCN(c2nccs2)C1. The van der Waals surface area contributed by atoms with Crippen molar-refractivity contribution in [1.82, 2.24) is 9.71 Å². The van der Waals surface area contributed by atoms with E-state index in [-0.39, 0.29) is 11.8 Å². The van der Waals surface area contributed by atoms with Gasteiger partial charge in [0, 0.05) is 35.7 Å². The Morgan fingerprint density at radius 1 is 1.45 bits per heavy atom. The molecule has 1 fully saturated rings. The van der Waals surface area contributed by atoms with E-state index in [2.05, 4.69) is 14.6 Å². The van der Waals surface area contributed by atoms with Crippen molar-refractivity contribution in [3.63, 3.8) is 0 Å². The van der Waals surface area contributed by atoms with E-state index in [1.54, 1.807) is 41.8 Å². The molecule has 1 saturated heterocycles. The van der Waals surface area contributed by atoms with Crippen molar-refractivity contribution in [2.24, 2.45) is 0 Å². The summed E-state index contributed by atoms with van der Waals surface area (Å²) < 4.78 is 27.3. The normalized spacial score (nSPS) is 18.8. The standard InChI is InChI=1S/C14H16ClN3O2S2/c15-12-3-1-2-11(8-12)10-22(19,20)17-13-4-6-18(9-13)14-16-5-7-21-14/h1-3,5,7-8,13,17H,4,6,9-10H2. The number of sulfonamides is 1. The van der Waals surface area contributed by atoms with Crippen LogP contribution in [0.5, 0.6) is 0 Å². The molecule has 0 spiro atoms. The molecule has 8 heteroatoms. The van der Waals surface area contributed by atoms with Crippen LogP contribution in [0.15, 0.2) is 35.8 Å². The van der Waals surface area contributed by atoms with Gasteiger partial charge in [-0.3, -0.25) is 0 Å². The Hall–Kier alpha value is -1.15. The van der Waals surface area contributed by atoms with Gasteiger partial charge in [-0.2, -0.15) is 0 Å². The first kappa shape index (κ1) is 15.7. The van der Waals surface area contributed by atoms with Crippen LogP contribution >= 0.6 is 22.9 Å². The first-order chi connectivity index (χ1) is 10.5. The van der Waals surface area contributed by atoms with Crippen molar-refractivity contribution in [3.8, 4) is 0 Å². The second-order valence-electron chi connectivity index (χ2n) is 5.25. The van der Waals surface area contributed by atoms with Gasteiger partial charge in [-0.05, 0) is 24.1 Å². The Morgan fingerprint density at radius 2 is 2.32 bits per heavy atom. The van der Waals surface area contributed by atoms with E-state index >= 15 is 0 Å². The van der Waals surface area contributed by atoms with Crippen molar-refractivity contribution in [2.45, 2.75) is 18.2 Å². The lowest BCUT2D eigenvalue weighted by Crippen LogP contribution is -2.37. The fraction of sp³-hybridized carbons (Fsp3) is 0.357. The molecule has 1 unspecified atom stereocenters. The fourth-order valence-electron chi connectivity index (χ4n) is 2.54. The molecule has 22 heavy (non-hydrogen) atoms. The molecule has 1 atom stereocenters. The molecule has 1 aromatic heterocycles. The number of thiazole rings is 1. The summed E-state index contributed by atoms with van der Waals surface area (Å²) >= 11 is 7.46. The van der Waals surface area contributed by atoms with Crippen LogP contribution in [0.2, 0.25) is 5.02 Å². The molecular formula is C14H16ClN3O2S2. The van der Waals surface area contributed by atoms with Crippen LogP contribution in [0.4, 0.5) is 5.13 Å². The number of benzene rings is 1. The highest BCUT2D eigenvalue weighted by atomic mass is 35.5. The maximum atomic E-state index is 12.3. The van der Waals surface area contributed by atoms with E-state index in [1.807, 2.05) is 5.38 Å². The zero-order chi connectivity index (χ0) is 15.6. The minimum Gasteiger partial charge on any atom is -0.346 e. The lowest BCUT2D eigenvalue weighted by atomic mass is 10.2. The highest BCUT2D eigenvalue weighted by Gasteiger charge is 2.27. The molecule has 0 radical (unpaired) electrons. The van der Waals surface area contributed by atoms with Gasteiger partial charge in [0.25, 0.3) is 0 Å². The molecule has 0 aliphatic carbocycles. The van der Waals surface area contributed by atoms with E-state index in [4.69, 9.17) is 11.6 Å². The first-order valence-electron chi connectivity index (χ1n) is 6.91. The van der Waals surface area contributed by atoms with Gasteiger partial charge in [0.15, 0.2) is 5.13 Å². The van der Waals surface area contributed by atoms with Crippen LogP contribution in [0, 0.1) is 0 Å². The van der Waals surface area contributed by atoms with Crippen molar-refractivity contribution in [2.75, 3.05) is 18.0 Å². The maximum absolute atomic E-state index is 12.3. The number of halogens is 1. The molecule has 118 valence electrons. The Labute approximate surface area is 139 Å². The predicted octanol–water partition coefficient (Wildman–Crippen LogP) is 2.49. The average Bonchev–Trinajstić information content (AvgIpc) is 3.07. The number of rotatable bonds is 5. The second-order valence-corrected chi connectivity index (χ2v) is 8.32. The molecule has 3 rings (SSSR count). The first-order valence-corrected chi connectivity index (χ1v) is 9.82. The lowest BCUT2D eigenvalue weighted by molar-refractivity contribution is 0.560. The number of aromatic nitrogens is 1. The number of nitrogens with one attached hydrogen (secondary N) is 1. The van der Waals surface area contributed by atoms with Crippen LogP contribution in [0.1, 0.15) is 12.0 Å². The van der Waals surface area contributed by atoms with Crippen molar-refractivity contribution in [3.05, 3.63) is 46.4 Å². The summed E-state index contributed by atoms with van der Waals surface area (Å²) in [7, 11) is -3.38. The molecular weight excluding hydrogens is 342 g/mol. The van der Waals surface area contributed by atoms with Gasteiger partial charge >= 0.3 is 0 Å². The summed E-state index contributed by atoms with van der Waals surface area (Å²) in [5.41, 5.74) is 0.690. The van der Waals surface area contributed by atoms with E-state index < -0.39 is 10.0 Å². The van der Waals surface area contributed by atoms with Gasteiger partial charge in [0.2, 0.25) is 10.0 Å². The van der Waals surface area contributed by atoms with Crippen LogP contribution in [-0.4, -0.2) is 32.5 Å². The van der Waals surface area contributed by atoms with E-state index in [9.17, 15) is 8.42 Å². The Balaban J connectivity index is 1.60. The van der Waals surface area contributed by atoms with Crippen molar-refractivity contribution in [1.29, 1.82) is 0 Å². The van der Waals surface area contributed by atoms with Crippen molar-refractivity contribution < 1.29 is 8.42 Å².